The van der Waals surface area contributed by atoms with Gasteiger partial charge >= 0.3 is 5.97 Å². The van der Waals surface area contributed by atoms with Crippen LogP contribution in [0.4, 0.5) is 11.4 Å². The Morgan fingerprint density at radius 3 is 2.48 bits per heavy atom. The Labute approximate surface area is 146 Å². The standard InChI is InChI=1S/C19H20N2O4/c1-3-18(23)25-12-17(22)21-16-10-5-4-9-15(16)19(24)20-14-8-6-7-13(2)11-14/h4-11H,3,12H2,1-2H3,(H,20,24)(H,21,22). The molecule has 0 atom stereocenters. The fourth-order valence-electron chi connectivity index (χ4n) is 2.15. The largest absolute Gasteiger partial charge is 0.456 e. The molecule has 0 spiro atoms. The van der Waals surface area contributed by atoms with Crippen LogP contribution in [-0.4, -0.2) is 24.4 Å². The van der Waals surface area contributed by atoms with Crippen molar-refractivity contribution in [1.29, 1.82) is 0 Å². The first-order valence-corrected chi connectivity index (χ1v) is 7.92. The Kier molecular flexibility index (Phi) is 6.28. The second-order valence-electron chi connectivity index (χ2n) is 5.43. The van der Waals surface area contributed by atoms with Gasteiger partial charge in [-0.2, -0.15) is 0 Å². The average molecular weight is 340 g/mol. The van der Waals surface area contributed by atoms with E-state index < -0.39 is 11.9 Å². The SMILES string of the molecule is CCC(=O)OCC(=O)Nc1ccccc1C(=O)Nc1cccc(C)c1. The van der Waals surface area contributed by atoms with E-state index in [2.05, 4.69) is 10.6 Å². The van der Waals surface area contributed by atoms with Gasteiger partial charge in [-0.25, -0.2) is 0 Å². The summed E-state index contributed by atoms with van der Waals surface area (Å²) in [6.07, 6.45) is 0.197. The van der Waals surface area contributed by atoms with Crippen LogP contribution >= 0.6 is 0 Å². The van der Waals surface area contributed by atoms with Crippen LogP contribution < -0.4 is 10.6 Å². The van der Waals surface area contributed by atoms with E-state index >= 15 is 0 Å². The Morgan fingerprint density at radius 1 is 1.00 bits per heavy atom. The van der Waals surface area contributed by atoms with Gasteiger partial charge < -0.3 is 15.4 Å². The zero-order chi connectivity index (χ0) is 18.2. The lowest BCUT2D eigenvalue weighted by Gasteiger charge is -2.12. The lowest BCUT2D eigenvalue weighted by molar-refractivity contribution is -0.146. The van der Waals surface area contributed by atoms with E-state index in [1.54, 1.807) is 37.3 Å². The van der Waals surface area contributed by atoms with Crippen LogP contribution in [0.3, 0.4) is 0 Å². The fourth-order valence-corrected chi connectivity index (χ4v) is 2.15. The molecule has 2 amide bonds. The molecule has 130 valence electrons. The van der Waals surface area contributed by atoms with Crippen molar-refractivity contribution in [3.63, 3.8) is 0 Å². The summed E-state index contributed by atoms with van der Waals surface area (Å²) < 4.78 is 4.78. The predicted molar refractivity (Wildman–Crippen MR) is 95.5 cm³/mol. The highest BCUT2D eigenvalue weighted by atomic mass is 16.5. The molecule has 0 bridgehead atoms. The summed E-state index contributed by atoms with van der Waals surface area (Å²) in [6, 6.07) is 14.1. The van der Waals surface area contributed by atoms with Crippen molar-refractivity contribution in [2.45, 2.75) is 20.3 Å². The minimum Gasteiger partial charge on any atom is -0.456 e. The van der Waals surface area contributed by atoms with Crippen LogP contribution in [0.2, 0.25) is 0 Å². The lowest BCUT2D eigenvalue weighted by atomic mass is 10.1. The molecule has 0 heterocycles. The molecule has 0 saturated carbocycles. The number of benzene rings is 2. The third-order valence-corrected chi connectivity index (χ3v) is 3.37. The van der Waals surface area contributed by atoms with Gasteiger partial charge in [-0.1, -0.05) is 31.2 Å². The molecule has 2 aromatic carbocycles. The van der Waals surface area contributed by atoms with E-state index in [9.17, 15) is 14.4 Å². The summed E-state index contributed by atoms with van der Waals surface area (Å²) in [6.45, 7) is 3.19. The molecule has 25 heavy (non-hydrogen) atoms. The molecular formula is C19H20N2O4. The molecule has 0 unspecified atom stereocenters. The first kappa shape index (κ1) is 18.2. The fraction of sp³-hybridized carbons (Fsp3) is 0.211. The summed E-state index contributed by atoms with van der Waals surface area (Å²) in [4.78, 5) is 35.5. The zero-order valence-corrected chi connectivity index (χ0v) is 14.2. The first-order chi connectivity index (χ1) is 12.0. The molecule has 6 nitrogen and oxygen atoms in total. The number of hydrogen-bond acceptors (Lipinski definition) is 4. The first-order valence-electron chi connectivity index (χ1n) is 7.92. The van der Waals surface area contributed by atoms with E-state index in [1.165, 1.54) is 0 Å². The predicted octanol–water partition coefficient (Wildman–Crippen LogP) is 3.14. The normalized spacial score (nSPS) is 10.0. The summed E-state index contributed by atoms with van der Waals surface area (Å²) in [7, 11) is 0. The highest BCUT2D eigenvalue weighted by Gasteiger charge is 2.14. The van der Waals surface area contributed by atoms with Crippen LogP contribution in [-0.2, 0) is 14.3 Å². The van der Waals surface area contributed by atoms with Gasteiger partial charge in [0.25, 0.3) is 11.8 Å². The van der Waals surface area contributed by atoms with Gasteiger partial charge in [0.1, 0.15) is 0 Å². The molecule has 2 aromatic rings. The minimum absolute atomic E-state index is 0.197. The maximum Gasteiger partial charge on any atom is 0.306 e. The van der Waals surface area contributed by atoms with Gasteiger partial charge in [-0.05, 0) is 36.8 Å². The Balaban J connectivity index is 2.07. The lowest BCUT2D eigenvalue weighted by Crippen LogP contribution is -2.22. The summed E-state index contributed by atoms with van der Waals surface area (Å²) >= 11 is 0. The number of esters is 1. The Hall–Kier alpha value is -3.15. The quantitative estimate of drug-likeness (QED) is 0.791. The van der Waals surface area contributed by atoms with Gasteiger partial charge in [-0.3, -0.25) is 14.4 Å². The van der Waals surface area contributed by atoms with Gasteiger partial charge in [0, 0.05) is 12.1 Å². The molecule has 0 aliphatic heterocycles. The maximum absolute atomic E-state index is 12.5. The smallest absolute Gasteiger partial charge is 0.306 e. The Morgan fingerprint density at radius 2 is 1.76 bits per heavy atom. The number of aryl methyl sites for hydroxylation is 1. The topological polar surface area (TPSA) is 84.5 Å². The van der Waals surface area contributed by atoms with Gasteiger partial charge in [0.15, 0.2) is 6.61 Å². The molecule has 0 aromatic heterocycles. The molecule has 0 radical (unpaired) electrons. The van der Waals surface area contributed by atoms with Gasteiger partial charge in [-0.15, -0.1) is 0 Å². The van der Waals surface area contributed by atoms with Gasteiger partial charge in [0.05, 0.1) is 11.3 Å². The van der Waals surface area contributed by atoms with E-state index in [-0.39, 0.29) is 18.9 Å². The van der Waals surface area contributed by atoms with E-state index in [0.29, 0.717) is 16.9 Å². The van der Waals surface area contributed by atoms with Crippen LogP contribution in [0, 0.1) is 6.92 Å². The summed E-state index contributed by atoms with van der Waals surface area (Å²) in [5.41, 5.74) is 2.37. The van der Waals surface area contributed by atoms with Crippen molar-refractivity contribution in [1.82, 2.24) is 0 Å². The second-order valence-corrected chi connectivity index (χ2v) is 5.43. The third kappa shape index (κ3) is 5.46. The van der Waals surface area contributed by atoms with Crippen LogP contribution in [0.5, 0.6) is 0 Å². The van der Waals surface area contributed by atoms with E-state index in [0.717, 1.165) is 5.56 Å². The van der Waals surface area contributed by atoms with Crippen molar-refractivity contribution < 1.29 is 19.1 Å². The van der Waals surface area contributed by atoms with Gasteiger partial charge in [0.2, 0.25) is 0 Å². The third-order valence-electron chi connectivity index (χ3n) is 3.37. The molecule has 0 saturated heterocycles. The number of anilines is 2. The number of nitrogens with one attached hydrogen (secondary N) is 2. The molecular weight excluding hydrogens is 320 g/mol. The molecule has 2 rings (SSSR count). The van der Waals surface area contributed by atoms with Crippen molar-refractivity contribution in [3.8, 4) is 0 Å². The van der Waals surface area contributed by atoms with Crippen LogP contribution in [0.1, 0.15) is 29.3 Å². The number of carbonyl (C=O) groups excluding carboxylic acids is 3. The monoisotopic (exact) mass is 340 g/mol. The maximum atomic E-state index is 12.5. The zero-order valence-electron chi connectivity index (χ0n) is 14.2. The Bertz CT molecular complexity index is 786. The summed E-state index contributed by atoms with van der Waals surface area (Å²) in [5, 5.41) is 5.39. The molecule has 6 heteroatoms. The number of carbonyl (C=O) groups is 3. The summed E-state index contributed by atoms with van der Waals surface area (Å²) in [5.74, 6) is -1.30. The molecule has 0 aliphatic rings. The molecule has 0 fully saturated rings. The van der Waals surface area contributed by atoms with Crippen molar-refractivity contribution >= 4 is 29.2 Å². The number of amides is 2. The van der Waals surface area contributed by atoms with E-state index in [4.69, 9.17) is 4.74 Å². The average Bonchev–Trinajstić information content (AvgIpc) is 2.60. The van der Waals surface area contributed by atoms with E-state index in [1.807, 2.05) is 25.1 Å². The van der Waals surface area contributed by atoms with Crippen molar-refractivity contribution in [3.05, 3.63) is 59.7 Å². The molecule has 2 N–H and O–H groups in total. The highest BCUT2D eigenvalue weighted by molar-refractivity contribution is 6.10. The van der Waals surface area contributed by atoms with Crippen molar-refractivity contribution in [2.24, 2.45) is 0 Å². The minimum atomic E-state index is -0.502. The number of ether oxygens (including phenoxy) is 1. The number of para-hydroxylation sites is 1. The molecule has 0 aliphatic carbocycles. The van der Waals surface area contributed by atoms with Crippen molar-refractivity contribution in [2.75, 3.05) is 17.2 Å². The van der Waals surface area contributed by atoms with Crippen LogP contribution in [0.15, 0.2) is 48.5 Å². The van der Waals surface area contributed by atoms with Crippen LogP contribution in [0.25, 0.3) is 0 Å². The second kappa shape index (κ2) is 8.63. The highest BCUT2D eigenvalue weighted by Crippen LogP contribution is 2.18. The number of rotatable bonds is 6. The number of hydrogen-bond donors (Lipinski definition) is 2.